The van der Waals surface area contributed by atoms with Crippen molar-refractivity contribution in [3.05, 3.63) is 53.3 Å². The number of benzene rings is 2. The third-order valence-corrected chi connectivity index (χ3v) is 11.4. The van der Waals surface area contributed by atoms with Gasteiger partial charge in [-0.25, -0.2) is 22.9 Å². The molecule has 2 amide bonds. The van der Waals surface area contributed by atoms with Crippen LogP contribution in [0, 0.1) is 11.3 Å². The minimum absolute atomic E-state index is 0.0628. The van der Waals surface area contributed by atoms with Crippen molar-refractivity contribution in [1.29, 1.82) is 5.26 Å². The predicted molar refractivity (Wildman–Crippen MR) is 205 cm³/mol. The monoisotopic (exact) mass is 786 g/mol. The summed E-state index contributed by atoms with van der Waals surface area (Å²) in [5, 5.41) is 18.0. The molecule has 0 radical (unpaired) electrons. The van der Waals surface area contributed by atoms with Crippen LogP contribution in [0.5, 0.6) is 11.5 Å². The van der Waals surface area contributed by atoms with Gasteiger partial charge in [-0.3, -0.25) is 4.79 Å². The van der Waals surface area contributed by atoms with Crippen LogP contribution in [0.25, 0.3) is 10.9 Å². The molecule has 0 unspecified atom stereocenters. The van der Waals surface area contributed by atoms with E-state index in [-0.39, 0.29) is 53.6 Å². The molecule has 7 rings (SSSR count). The van der Waals surface area contributed by atoms with Crippen molar-refractivity contribution in [2.75, 3.05) is 53.9 Å². The Hall–Kier alpha value is -5.96. The van der Waals surface area contributed by atoms with Gasteiger partial charge in [0.1, 0.15) is 23.0 Å². The molecule has 1 N–H and O–H groups in total. The summed E-state index contributed by atoms with van der Waals surface area (Å²) in [5.74, 6) is -0.0833. The Bertz CT molecular complexity index is 2450. The van der Waals surface area contributed by atoms with Gasteiger partial charge < -0.3 is 29.2 Å². The molecule has 56 heavy (non-hydrogen) atoms. The number of methoxy groups -OCH3 is 2. The van der Waals surface area contributed by atoms with E-state index in [0.29, 0.717) is 39.9 Å². The van der Waals surface area contributed by atoms with Crippen molar-refractivity contribution in [2.45, 2.75) is 70.5 Å². The summed E-state index contributed by atoms with van der Waals surface area (Å²) in [4.78, 5) is 53.0. The second-order valence-electron chi connectivity index (χ2n) is 15.9. The Balaban J connectivity index is 1.31. The third-order valence-electron chi connectivity index (χ3n) is 9.75. The van der Waals surface area contributed by atoms with Gasteiger partial charge in [-0.05, 0) is 89.4 Å². The van der Waals surface area contributed by atoms with Gasteiger partial charge in [-0.2, -0.15) is 19.9 Å². The van der Waals surface area contributed by atoms with Crippen LogP contribution < -0.4 is 24.6 Å². The van der Waals surface area contributed by atoms with Crippen molar-refractivity contribution in [3.63, 3.8) is 0 Å². The molecule has 4 aromatic rings. The maximum Gasteiger partial charge on any atom is 0.435 e. The number of amides is 2. The molecular weight excluding hydrogens is 745 g/mol. The highest BCUT2D eigenvalue weighted by Gasteiger charge is 2.68. The fourth-order valence-corrected chi connectivity index (χ4v) is 8.41. The molecule has 2 aliphatic heterocycles. The van der Waals surface area contributed by atoms with Crippen molar-refractivity contribution in [3.8, 4) is 17.6 Å². The van der Waals surface area contributed by atoms with E-state index >= 15 is 0 Å². The van der Waals surface area contributed by atoms with Crippen LogP contribution in [0.2, 0.25) is 0 Å². The number of hydrogen-bond donors (Lipinski definition) is 1. The zero-order valence-corrected chi connectivity index (χ0v) is 33.1. The number of rotatable bonds is 6. The number of sulfone groups is 1. The zero-order valence-electron chi connectivity index (χ0n) is 32.3. The Labute approximate surface area is 323 Å². The number of carbonyl (C=O) groups is 3. The fraction of sp³-hybridized carbons (Fsp3) is 0.447. The summed E-state index contributed by atoms with van der Waals surface area (Å²) in [6, 6.07) is 12.4. The molecule has 1 saturated carbocycles. The molecule has 1 aliphatic carbocycles. The molecule has 2 fully saturated rings. The van der Waals surface area contributed by atoms with Gasteiger partial charge in [-0.1, -0.05) is 6.07 Å². The first kappa shape index (κ1) is 38.3. The normalized spacial score (nSPS) is 20.1. The van der Waals surface area contributed by atoms with Gasteiger partial charge in [-0.15, -0.1) is 5.10 Å². The van der Waals surface area contributed by atoms with Crippen molar-refractivity contribution in [1.82, 2.24) is 19.7 Å². The molecule has 1 saturated heterocycles. The van der Waals surface area contributed by atoms with E-state index < -0.39 is 50.5 Å². The standard InChI is InChI=1S/C38H42N8O9S/c1-36(2,3)54-34(48)45-26-12-10-22(52-7)18-24(26)38(33(45)47)19-25(38)21-9-11-23-27(17-21)46(35(49)55-37(4,5)6)43-30(23)42-31-29(53-8)32(41-28(20-39)40-31)44-13-15-56(50,51)16-14-44/h9-12,17-18,25H,13-16,19H2,1-8H3,(H,40,41,42,43)/t25-,38-/m0/s1. The molecule has 4 heterocycles. The predicted octanol–water partition coefficient (Wildman–Crippen LogP) is 5.18. The summed E-state index contributed by atoms with van der Waals surface area (Å²) < 4.78 is 48.0. The van der Waals surface area contributed by atoms with E-state index in [1.807, 2.05) is 12.1 Å². The number of nitrogens with zero attached hydrogens (tertiary/aromatic N) is 7. The van der Waals surface area contributed by atoms with Gasteiger partial charge in [0.05, 0.1) is 42.3 Å². The number of ether oxygens (including phenoxy) is 4. The van der Waals surface area contributed by atoms with Gasteiger partial charge in [0.15, 0.2) is 27.3 Å². The van der Waals surface area contributed by atoms with E-state index in [4.69, 9.17) is 18.9 Å². The maximum atomic E-state index is 14.3. The van der Waals surface area contributed by atoms with Crippen LogP contribution in [0.1, 0.15) is 70.8 Å². The highest BCUT2D eigenvalue weighted by molar-refractivity contribution is 7.91. The highest BCUT2D eigenvalue weighted by Crippen LogP contribution is 2.67. The van der Waals surface area contributed by atoms with Crippen molar-refractivity contribution < 1.29 is 41.7 Å². The SMILES string of the molecule is COc1ccc2c(c1)[C@]1(C[C@H]1c1ccc3c(Nc4nc(C#N)nc(N5CCS(=O)(=O)CC5)c4OC)nn(C(=O)OC(C)(C)C)c3c1)C(=O)N2C(=O)OC(C)(C)C. The second-order valence-corrected chi connectivity index (χ2v) is 18.2. The zero-order chi connectivity index (χ0) is 40.5. The number of aromatic nitrogens is 4. The lowest BCUT2D eigenvalue weighted by atomic mass is 9.91. The van der Waals surface area contributed by atoms with Crippen molar-refractivity contribution in [2.24, 2.45) is 0 Å². The summed E-state index contributed by atoms with van der Waals surface area (Å²) in [5.41, 5.74) is -0.721. The van der Waals surface area contributed by atoms with Crippen LogP contribution in [0.15, 0.2) is 36.4 Å². The largest absolute Gasteiger partial charge is 0.497 e. The van der Waals surface area contributed by atoms with E-state index in [9.17, 15) is 28.1 Å². The summed E-state index contributed by atoms with van der Waals surface area (Å²) in [6.45, 7) is 10.6. The van der Waals surface area contributed by atoms with Crippen LogP contribution in [-0.4, -0.2) is 96.3 Å². The van der Waals surface area contributed by atoms with E-state index in [1.54, 1.807) is 76.8 Å². The first-order chi connectivity index (χ1) is 26.3. The molecule has 0 bridgehead atoms. The molecule has 294 valence electrons. The summed E-state index contributed by atoms with van der Waals surface area (Å²) in [7, 11) is -0.292. The first-order valence-electron chi connectivity index (χ1n) is 17.9. The Kier molecular flexibility index (Phi) is 9.14. The number of nitriles is 1. The highest BCUT2D eigenvalue weighted by atomic mass is 32.2. The van der Waals surface area contributed by atoms with E-state index in [1.165, 1.54) is 14.2 Å². The average molecular weight is 787 g/mol. The van der Waals surface area contributed by atoms with E-state index in [2.05, 4.69) is 20.4 Å². The van der Waals surface area contributed by atoms with Gasteiger partial charge >= 0.3 is 12.2 Å². The number of imide groups is 1. The first-order valence-corrected chi connectivity index (χ1v) is 19.7. The molecule has 2 aromatic carbocycles. The molecular formula is C38H42N8O9S. The Morgan fingerprint density at radius 3 is 2.23 bits per heavy atom. The minimum Gasteiger partial charge on any atom is -0.497 e. The van der Waals surface area contributed by atoms with Gasteiger partial charge in [0.2, 0.25) is 17.5 Å². The number of nitrogens with one attached hydrogen (secondary N) is 1. The van der Waals surface area contributed by atoms with E-state index in [0.717, 1.165) is 9.58 Å². The lowest BCUT2D eigenvalue weighted by molar-refractivity contribution is -0.120. The van der Waals surface area contributed by atoms with Crippen molar-refractivity contribution >= 4 is 62.0 Å². The van der Waals surface area contributed by atoms with Crippen LogP contribution in [-0.2, 0) is 29.5 Å². The summed E-state index contributed by atoms with van der Waals surface area (Å²) in [6.07, 6.45) is -1.18. The molecule has 1 spiro atoms. The number of hydrogen-bond acceptors (Lipinski definition) is 15. The summed E-state index contributed by atoms with van der Waals surface area (Å²) >= 11 is 0. The minimum atomic E-state index is -3.22. The fourth-order valence-electron chi connectivity index (χ4n) is 7.20. The lowest BCUT2D eigenvalue weighted by Gasteiger charge is -2.29. The molecule has 3 aliphatic rings. The van der Waals surface area contributed by atoms with Crippen LogP contribution >= 0.6 is 0 Å². The quantitative estimate of drug-likeness (QED) is 0.267. The Morgan fingerprint density at radius 1 is 0.929 bits per heavy atom. The third kappa shape index (κ3) is 6.80. The number of carbonyl (C=O) groups excluding carboxylic acids is 3. The smallest absolute Gasteiger partial charge is 0.435 e. The molecule has 2 atom stereocenters. The number of anilines is 4. The molecule has 18 heteroatoms. The van der Waals surface area contributed by atoms with Crippen LogP contribution in [0.3, 0.4) is 0 Å². The average Bonchev–Trinajstić information content (AvgIpc) is 3.71. The lowest BCUT2D eigenvalue weighted by Crippen LogP contribution is -2.41. The maximum absolute atomic E-state index is 14.3. The van der Waals surface area contributed by atoms with Gasteiger partial charge in [0, 0.05) is 24.4 Å². The Morgan fingerprint density at radius 2 is 1.61 bits per heavy atom. The number of fused-ring (bicyclic) bond motifs is 3. The molecule has 2 aromatic heterocycles. The topological polar surface area (TPSA) is 208 Å². The molecule has 17 nitrogen and oxygen atoms in total. The van der Waals surface area contributed by atoms with Crippen LogP contribution in [0.4, 0.5) is 32.7 Å². The van der Waals surface area contributed by atoms with Gasteiger partial charge in [0.25, 0.3) is 0 Å². The second kappa shape index (κ2) is 13.4.